The highest BCUT2D eigenvalue weighted by atomic mass is 16.5. The quantitative estimate of drug-likeness (QED) is 0.367. The van der Waals surface area contributed by atoms with Crippen LogP contribution >= 0.6 is 0 Å². The molecule has 0 saturated heterocycles. The molecule has 1 amide bonds. The first kappa shape index (κ1) is 23.7. The van der Waals surface area contributed by atoms with E-state index in [-0.39, 0.29) is 11.9 Å². The Kier molecular flexibility index (Phi) is 8.37. The highest BCUT2D eigenvalue weighted by Crippen LogP contribution is 2.29. The zero-order valence-corrected chi connectivity index (χ0v) is 18.3. The summed E-state index contributed by atoms with van der Waals surface area (Å²) in [5, 5.41) is 2.63. The highest BCUT2D eigenvalue weighted by Gasteiger charge is 2.17. The number of hydrogen-bond acceptors (Lipinski definition) is 6. The number of hydrogen-bond donors (Lipinski definition) is 1. The van der Waals surface area contributed by atoms with Crippen LogP contribution in [0.2, 0.25) is 0 Å². The van der Waals surface area contributed by atoms with Gasteiger partial charge < -0.3 is 19.5 Å². The van der Waals surface area contributed by atoms with Gasteiger partial charge in [0, 0.05) is 17.3 Å². The summed E-state index contributed by atoms with van der Waals surface area (Å²) in [5.74, 6) is -0.122. The number of esters is 1. The second-order valence-electron chi connectivity index (χ2n) is 7.12. The molecule has 0 aliphatic carbocycles. The summed E-state index contributed by atoms with van der Waals surface area (Å²) in [4.78, 5) is 35.8. The number of carbonyl (C=O) groups excluding carboxylic acids is 3. The van der Waals surface area contributed by atoms with Gasteiger partial charge in [-0.1, -0.05) is 18.2 Å². The summed E-state index contributed by atoms with van der Waals surface area (Å²) < 4.78 is 16.1. The molecule has 7 heteroatoms. The molecule has 0 aromatic heterocycles. The number of ketones is 1. The Morgan fingerprint density at radius 2 is 1.74 bits per heavy atom. The van der Waals surface area contributed by atoms with Gasteiger partial charge in [-0.25, -0.2) is 4.79 Å². The average Bonchev–Trinajstić information content (AvgIpc) is 2.72. The molecule has 0 aliphatic rings. The normalized spacial score (nSPS) is 11.8. The number of amides is 1. The van der Waals surface area contributed by atoms with Gasteiger partial charge in [-0.05, 0) is 63.6 Å². The Bertz CT molecular complexity index is 980. The first-order valence-electron chi connectivity index (χ1n) is 9.85. The minimum Gasteiger partial charge on any atom is -0.493 e. The topological polar surface area (TPSA) is 90.9 Å². The van der Waals surface area contributed by atoms with E-state index in [0.29, 0.717) is 28.3 Å². The lowest BCUT2D eigenvalue weighted by Gasteiger charge is -2.14. The summed E-state index contributed by atoms with van der Waals surface area (Å²) in [6, 6.07) is 11.8. The largest absolute Gasteiger partial charge is 0.493 e. The monoisotopic (exact) mass is 425 g/mol. The average molecular weight is 425 g/mol. The van der Waals surface area contributed by atoms with Crippen molar-refractivity contribution in [2.24, 2.45) is 0 Å². The Morgan fingerprint density at radius 1 is 1.00 bits per heavy atom. The molecule has 0 bridgehead atoms. The highest BCUT2D eigenvalue weighted by molar-refractivity contribution is 5.99. The molecule has 0 fully saturated rings. The SMILES string of the molecule is COc1cc(/C=C/C(=O)O[C@@H](C)C(=O)Nc2cccc(C(C)=O)c2)ccc1OC(C)C. The number of ether oxygens (including phenoxy) is 3. The van der Waals surface area contributed by atoms with Crippen LogP contribution in [0.25, 0.3) is 6.08 Å². The molecule has 164 valence electrons. The summed E-state index contributed by atoms with van der Waals surface area (Å²) >= 11 is 0. The van der Waals surface area contributed by atoms with Crippen LogP contribution in [0, 0.1) is 0 Å². The molecule has 1 N–H and O–H groups in total. The zero-order valence-electron chi connectivity index (χ0n) is 18.3. The molecule has 31 heavy (non-hydrogen) atoms. The van der Waals surface area contributed by atoms with Crippen molar-refractivity contribution in [1.29, 1.82) is 0 Å². The van der Waals surface area contributed by atoms with Gasteiger partial charge in [0.05, 0.1) is 13.2 Å². The molecule has 0 spiro atoms. The van der Waals surface area contributed by atoms with Crippen molar-refractivity contribution in [3.05, 3.63) is 59.7 Å². The zero-order chi connectivity index (χ0) is 23.0. The van der Waals surface area contributed by atoms with Crippen molar-refractivity contribution in [2.75, 3.05) is 12.4 Å². The maximum absolute atomic E-state index is 12.3. The second-order valence-corrected chi connectivity index (χ2v) is 7.12. The minimum atomic E-state index is -1.02. The van der Waals surface area contributed by atoms with Gasteiger partial charge >= 0.3 is 5.97 Å². The van der Waals surface area contributed by atoms with Crippen LogP contribution in [-0.2, 0) is 14.3 Å². The van der Waals surface area contributed by atoms with Crippen molar-refractivity contribution in [2.45, 2.75) is 39.9 Å². The summed E-state index contributed by atoms with van der Waals surface area (Å²) in [5.41, 5.74) is 1.64. The van der Waals surface area contributed by atoms with E-state index in [0.717, 1.165) is 0 Å². The Labute approximate surface area is 182 Å². The number of anilines is 1. The summed E-state index contributed by atoms with van der Waals surface area (Å²) in [6.45, 7) is 6.75. The third-order valence-corrected chi connectivity index (χ3v) is 4.16. The first-order chi connectivity index (χ1) is 14.7. The fourth-order valence-electron chi connectivity index (χ4n) is 2.63. The molecule has 0 heterocycles. The van der Waals surface area contributed by atoms with Gasteiger partial charge in [-0.2, -0.15) is 0 Å². The molecule has 2 aromatic rings. The summed E-state index contributed by atoms with van der Waals surface area (Å²) in [6.07, 6.45) is 1.78. The van der Waals surface area contributed by atoms with E-state index in [1.807, 2.05) is 13.8 Å². The predicted octanol–water partition coefficient (Wildman–Crippen LogP) is 4.27. The van der Waals surface area contributed by atoms with Crippen molar-refractivity contribution in [1.82, 2.24) is 0 Å². The van der Waals surface area contributed by atoms with Crippen molar-refractivity contribution in [3.63, 3.8) is 0 Å². The van der Waals surface area contributed by atoms with Crippen LogP contribution in [0.1, 0.15) is 43.6 Å². The number of methoxy groups -OCH3 is 1. The maximum atomic E-state index is 12.3. The van der Waals surface area contributed by atoms with Crippen LogP contribution in [0.3, 0.4) is 0 Å². The molecule has 0 aliphatic heterocycles. The van der Waals surface area contributed by atoms with Gasteiger partial charge in [0.1, 0.15) is 0 Å². The molecule has 7 nitrogen and oxygen atoms in total. The second kappa shape index (κ2) is 11.0. The van der Waals surface area contributed by atoms with Gasteiger partial charge in [0.2, 0.25) is 0 Å². The lowest BCUT2D eigenvalue weighted by atomic mass is 10.1. The standard InChI is InChI=1S/C24H27NO6/c1-15(2)30-21-11-9-18(13-22(21)29-5)10-12-23(27)31-17(4)24(28)25-20-8-6-7-19(14-20)16(3)26/h6-15,17H,1-5H3,(H,25,28)/b12-10+/t17-/m0/s1. The van der Waals surface area contributed by atoms with E-state index in [2.05, 4.69) is 5.32 Å². The lowest BCUT2D eigenvalue weighted by Crippen LogP contribution is -2.29. The fourth-order valence-corrected chi connectivity index (χ4v) is 2.63. The molecule has 0 unspecified atom stereocenters. The molecule has 1 atom stereocenters. The lowest BCUT2D eigenvalue weighted by molar-refractivity contribution is -0.148. The number of carbonyl (C=O) groups is 3. The van der Waals surface area contributed by atoms with Crippen LogP contribution in [0.5, 0.6) is 11.5 Å². The molecule has 2 rings (SSSR count). The Morgan fingerprint density at radius 3 is 2.39 bits per heavy atom. The predicted molar refractivity (Wildman–Crippen MR) is 118 cm³/mol. The van der Waals surface area contributed by atoms with Crippen LogP contribution in [0.4, 0.5) is 5.69 Å². The van der Waals surface area contributed by atoms with Gasteiger partial charge in [0.25, 0.3) is 5.91 Å². The van der Waals surface area contributed by atoms with Crippen LogP contribution in [-0.4, -0.2) is 37.0 Å². The number of nitrogens with one attached hydrogen (secondary N) is 1. The van der Waals surface area contributed by atoms with Crippen LogP contribution in [0.15, 0.2) is 48.5 Å². The van der Waals surface area contributed by atoms with E-state index in [1.165, 1.54) is 27.0 Å². The molecule has 0 saturated carbocycles. The van der Waals surface area contributed by atoms with E-state index >= 15 is 0 Å². The van der Waals surface area contributed by atoms with Gasteiger partial charge in [-0.15, -0.1) is 0 Å². The van der Waals surface area contributed by atoms with E-state index in [1.54, 1.807) is 48.5 Å². The summed E-state index contributed by atoms with van der Waals surface area (Å²) in [7, 11) is 1.54. The van der Waals surface area contributed by atoms with E-state index < -0.39 is 18.0 Å². The van der Waals surface area contributed by atoms with Crippen molar-refractivity contribution in [3.8, 4) is 11.5 Å². The van der Waals surface area contributed by atoms with Crippen LogP contribution < -0.4 is 14.8 Å². The molecule has 2 aromatic carbocycles. The molecular weight excluding hydrogens is 398 g/mol. The van der Waals surface area contributed by atoms with Crippen molar-refractivity contribution >= 4 is 29.4 Å². The fraction of sp³-hybridized carbons (Fsp3) is 0.292. The minimum absolute atomic E-state index is 0.00263. The van der Waals surface area contributed by atoms with Crippen molar-refractivity contribution < 1.29 is 28.6 Å². The number of rotatable bonds is 9. The number of benzene rings is 2. The molecular formula is C24H27NO6. The number of Topliss-reactive ketones (excluding diaryl/α,β-unsaturated/α-hetero) is 1. The Balaban J connectivity index is 1.96. The van der Waals surface area contributed by atoms with E-state index in [4.69, 9.17) is 14.2 Å². The maximum Gasteiger partial charge on any atom is 0.331 e. The Hall–Kier alpha value is -3.61. The third kappa shape index (κ3) is 7.29. The van der Waals surface area contributed by atoms with Gasteiger partial charge in [0.15, 0.2) is 23.4 Å². The van der Waals surface area contributed by atoms with E-state index in [9.17, 15) is 14.4 Å². The third-order valence-electron chi connectivity index (χ3n) is 4.16. The van der Waals surface area contributed by atoms with Gasteiger partial charge in [-0.3, -0.25) is 9.59 Å². The smallest absolute Gasteiger partial charge is 0.331 e. The molecule has 0 radical (unpaired) electrons. The first-order valence-corrected chi connectivity index (χ1v) is 9.85.